The molecule has 1 aliphatic heterocycles. The van der Waals surface area contributed by atoms with E-state index in [-0.39, 0.29) is 12.0 Å². The summed E-state index contributed by atoms with van der Waals surface area (Å²) in [6, 6.07) is 1.71. The number of amides is 2. The highest BCUT2D eigenvalue weighted by atomic mass is 79.9. The number of carbonyl (C=O) groups is 2. The molecule has 1 fully saturated rings. The highest BCUT2D eigenvalue weighted by Gasteiger charge is 2.27. The van der Waals surface area contributed by atoms with Crippen LogP contribution in [0.2, 0.25) is 0 Å². The Hall–Kier alpha value is -1.32. The van der Waals surface area contributed by atoms with Gasteiger partial charge in [0.15, 0.2) is 0 Å². The number of piperazine rings is 1. The van der Waals surface area contributed by atoms with E-state index in [0.717, 1.165) is 3.79 Å². The molecule has 0 saturated carbocycles. The summed E-state index contributed by atoms with van der Waals surface area (Å²) in [6.45, 7) is 7.59. The molecule has 1 aliphatic rings. The summed E-state index contributed by atoms with van der Waals surface area (Å²) >= 11 is 4.60. The number of nitrogen functional groups attached to an aromatic ring is 1. The normalized spacial score (nSPS) is 16.3. The third-order valence-electron chi connectivity index (χ3n) is 3.13. The Morgan fingerprint density at radius 2 is 1.91 bits per heavy atom. The molecule has 9 heteroatoms. The van der Waals surface area contributed by atoms with Crippen LogP contribution >= 0.6 is 27.3 Å². The maximum absolute atomic E-state index is 12.2. The highest BCUT2D eigenvalue weighted by Crippen LogP contribution is 2.28. The Labute approximate surface area is 147 Å². The topological polar surface area (TPSA) is 87.9 Å². The zero-order valence-electron chi connectivity index (χ0n) is 13.4. The quantitative estimate of drug-likeness (QED) is 0.789. The van der Waals surface area contributed by atoms with Crippen LogP contribution in [-0.4, -0.2) is 53.7 Å². The van der Waals surface area contributed by atoms with Crippen molar-refractivity contribution in [2.45, 2.75) is 26.4 Å². The molecule has 2 rings (SSSR count). The number of anilines is 1. The minimum atomic E-state index is -0.507. The van der Waals surface area contributed by atoms with Crippen LogP contribution in [0.15, 0.2) is 9.85 Å². The lowest BCUT2D eigenvalue weighted by Gasteiger charge is -2.35. The largest absolute Gasteiger partial charge is 0.444 e. The summed E-state index contributed by atoms with van der Waals surface area (Å²) in [5, 5.41) is 1.79. The van der Waals surface area contributed by atoms with Crippen LogP contribution in [-0.2, 0) is 4.74 Å². The van der Waals surface area contributed by atoms with E-state index in [1.165, 1.54) is 11.3 Å². The second-order valence-corrected chi connectivity index (χ2v) is 8.66. The minimum Gasteiger partial charge on any atom is -0.444 e. The van der Waals surface area contributed by atoms with Crippen LogP contribution in [0, 0.1) is 0 Å². The molecule has 3 N–H and O–H groups in total. The fraction of sp³-hybridized carbons (Fsp3) is 0.571. The van der Waals surface area contributed by atoms with Crippen molar-refractivity contribution in [3.05, 3.63) is 14.7 Å². The zero-order valence-corrected chi connectivity index (χ0v) is 15.8. The van der Waals surface area contributed by atoms with Gasteiger partial charge in [-0.25, -0.2) is 9.80 Å². The van der Waals surface area contributed by atoms with Gasteiger partial charge in [0, 0.05) is 26.2 Å². The van der Waals surface area contributed by atoms with Crippen molar-refractivity contribution in [2.75, 3.05) is 31.9 Å². The molecule has 0 unspecified atom stereocenters. The third-order valence-corrected chi connectivity index (χ3v) is 4.78. The van der Waals surface area contributed by atoms with E-state index in [4.69, 9.17) is 10.5 Å². The number of nitrogens with two attached hydrogens (primary N) is 1. The number of hydrazine groups is 1. The Morgan fingerprint density at radius 1 is 1.30 bits per heavy atom. The standard InChI is InChI=1S/C14H21BrN4O3S/c1-14(2,3)22-13(21)18-4-6-19(7-5-18)17-12(20)11-9(16)8-10(15)23-11/h8H,4-7,16H2,1-3H3,(H,17,20). The molecule has 0 atom stereocenters. The first-order valence-electron chi connectivity index (χ1n) is 7.24. The number of hydrogen-bond donors (Lipinski definition) is 2. The lowest BCUT2D eigenvalue weighted by atomic mass is 10.2. The fourth-order valence-electron chi connectivity index (χ4n) is 2.07. The van der Waals surface area contributed by atoms with E-state index in [9.17, 15) is 9.59 Å². The van der Waals surface area contributed by atoms with Crippen molar-refractivity contribution in [3.8, 4) is 0 Å². The minimum absolute atomic E-state index is 0.232. The molecule has 0 spiro atoms. The predicted octanol–water partition coefficient (Wildman–Crippen LogP) is 2.29. The smallest absolute Gasteiger partial charge is 0.410 e. The number of halogens is 1. The molecule has 1 saturated heterocycles. The van der Waals surface area contributed by atoms with Crippen LogP contribution in [0.25, 0.3) is 0 Å². The van der Waals surface area contributed by atoms with Crippen molar-refractivity contribution in [1.82, 2.24) is 15.3 Å². The van der Waals surface area contributed by atoms with Crippen LogP contribution in [0.4, 0.5) is 10.5 Å². The van der Waals surface area contributed by atoms with Gasteiger partial charge in [0.05, 0.1) is 9.47 Å². The zero-order chi connectivity index (χ0) is 17.2. The maximum Gasteiger partial charge on any atom is 0.410 e. The van der Waals surface area contributed by atoms with Crippen LogP contribution in [0.1, 0.15) is 30.4 Å². The van der Waals surface area contributed by atoms with E-state index in [0.29, 0.717) is 36.7 Å². The first-order chi connectivity index (χ1) is 10.7. The number of rotatable bonds is 2. The second kappa shape index (κ2) is 7.06. The van der Waals surface area contributed by atoms with Gasteiger partial charge in [-0.3, -0.25) is 10.2 Å². The molecular weight excluding hydrogens is 384 g/mol. The average molecular weight is 405 g/mol. The third kappa shape index (κ3) is 5.08. The summed E-state index contributed by atoms with van der Waals surface area (Å²) < 4.78 is 6.16. The monoisotopic (exact) mass is 404 g/mol. The van der Waals surface area contributed by atoms with Crippen molar-refractivity contribution in [3.63, 3.8) is 0 Å². The molecule has 2 amide bonds. The van der Waals surface area contributed by atoms with Gasteiger partial charge in [-0.1, -0.05) is 0 Å². The molecule has 0 radical (unpaired) electrons. The van der Waals surface area contributed by atoms with Crippen molar-refractivity contribution >= 4 is 45.0 Å². The summed E-state index contributed by atoms with van der Waals surface area (Å²) in [4.78, 5) is 26.3. The Kier molecular flexibility index (Phi) is 5.53. The summed E-state index contributed by atoms with van der Waals surface area (Å²) in [5.41, 5.74) is 8.57. The fourth-order valence-corrected chi connectivity index (χ4v) is 3.50. The average Bonchev–Trinajstić information content (AvgIpc) is 2.76. The van der Waals surface area contributed by atoms with Gasteiger partial charge < -0.3 is 15.4 Å². The van der Waals surface area contributed by atoms with Crippen LogP contribution in [0.5, 0.6) is 0 Å². The second-order valence-electron chi connectivity index (χ2n) is 6.23. The first kappa shape index (κ1) is 18.0. The van der Waals surface area contributed by atoms with Gasteiger partial charge in [-0.15, -0.1) is 11.3 Å². The summed E-state index contributed by atoms with van der Waals surface area (Å²) in [6.07, 6.45) is -0.324. The van der Waals surface area contributed by atoms with Gasteiger partial charge in [0.25, 0.3) is 5.91 Å². The summed E-state index contributed by atoms with van der Waals surface area (Å²) in [5.74, 6) is -0.232. The van der Waals surface area contributed by atoms with E-state index < -0.39 is 5.60 Å². The van der Waals surface area contributed by atoms with E-state index in [2.05, 4.69) is 21.4 Å². The van der Waals surface area contributed by atoms with E-state index >= 15 is 0 Å². The Morgan fingerprint density at radius 3 is 2.39 bits per heavy atom. The highest BCUT2D eigenvalue weighted by molar-refractivity contribution is 9.11. The van der Waals surface area contributed by atoms with E-state index in [1.807, 2.05) is 20.8 Å². The molecular formula is C14H21BrN4O3S. The molecule has 0 aromatic carbocycles. The molecule has 23 heavy (non-hydrogen) atoms. The lowest BCUT2D eigenvalue weighted by Crippen LogP contribution is -2.55. The number of carbonyl (C=O) groups excluding carboxylic acids is 2. The number of hydrogen-bond acceptors (Lipinski definition) is 6. The van der Waals surface area contributed by atoms with Gasteiger partial charge in [-0.05, 0) is 42.8 Å². The molecule has 1 aromatic rings. The van der Waals surface area contributed by atoms with Crippen molar-refractivity contribution in [2.24, 2.45) is 0 Å². The number of thiophene rings is 1. The Bertz CT molecular complexity index is 591. The van der Waals surface area contributed by atoms with Crippen LogP contribution in [0.3, 0.4) is 0 Å². The van der Waals surface area contributed by atoms with Gasteiger partial charge in [0.1, 0.15) is 10.5 Å². The van der Waals surface area contributed by atoms with Gasteiger partial charge >= 0.3 is 6.09 Å². The molecule has 128 valence electrons. The molecule has 0 bridgehead atoms. The SMILES string of the molecule is CC(C)(C)OC(=O)N1CCN(NC(=O)c2sc(Br)cc2N)CC1. The number of nitrogens with zero attached hydrogens (tertiary/aromatic N) is 2. The predicted molar refractivity (Wildman–Crippen MR) is 93.3 cm³/mol. The van der Waals surface area contributed by atoms with E-state index in [1.54, 1.807) is 16.0 Å². The maximum atomic E-state index is 12.2. The summed E-state index contributed by atoms with van der Waals surface area (Å²) in [7, 11) is 0. The number of nitrogens with one attached hydrogen (secondary N) is 1. The molecule has 0 aliphatic carbocycles. The molecule has 2 heterocycles. The van der Waals surface area contributed by atoms with Gasteiger partial charge in [-0.2, -0.15) is 0 Å². The lowest BCUT2D eigenvalue weighted by molar-refractivity contribution is 0.00980. The van der Waals surface area contributed by atoms with Crippen molar-refractivity contribution < 1.29 is 14.3 Å². The molecule has 1 aromatic heterocycles. The van der Waals surface area contributed by atoms with Gasteiger partial charge in [0.2, 0.25) is 0 Å². The van der Waals surface area contributed by atoms with Crippen LogP contribution < -0.4 is 11.2 Å². The Balaban J connectivity index is 1.84. The molecule has 7 nitrogen and oxygen atoms in total. The number of ether oxygens (including phenoxy) is 1. The van der Waals surface area contributed by atoms with Crippen molar-refractivity contribution in [1.29, 1.82) is 0 Å². The first-order valence-corrected chi connectivity index (χ1v) is 8.85.